The van der Waals surface area contributed by atoms with E-state index in [0.29, 0.717) is 23.7 Å². The number of fused-ring (bicyclic) bond motifs is 1. The molecule has 0 fully saturated rings. The van der Waals surface area contributed by atoms with Crippen LogP contribution in [0, 0.1) is 3.57 Å². The SMILES string of the molecule is CC(=O)NCCCc1nnc(SCC(=O)c2ccc(I)cc2)n1-c1cccc2ccccc12. The molecular weight excluding hydrogens is 547 g/mol. The molecule has 1 heterocycles. The molecule has 1 aromatic heterocycles. The van der Waals surface area contributed by atoms with Gasteiger partial charge in [-0.1, -0.05) is 60.3 Å². The third-order valence-corrected chi connectivity index (χ3v) is 6.81. The normalized spacial score (nSPS) is 11.0. The molecule has 0 aliphatic heterocycles. The van der Waals surface area contributed by atoms with Crippen molar-refractivity contribution in [3.63, 3.8) is 0 Å². The predicted octanol–water partition coefficient (Wildman–Crippen LogP) is 5.07. The van der Waals surface area contributed by atoms with Gasteiger partial charge in [-0.15, -0.1) is 10.2 Å². The van der Waals surface area contributed by atoms with Gasteiger partial charge >= 0.3 is 0 Å². The zero-order chi connectivity index (χ0) is 23.2. The lowest BCUT2D eigenvalue weighted by Gasteiger charge is -2.13. The van der Waals surface area contributed by atoms with Gasteiger partial charge < -0.3 is 5.32 Å². The second-order valence-electron chi connectivity index (χ2n) is 7.54. The first-order valence-corrected chi connectivity index (χ1v) is 12.7. The minimum atomic E-state index is -0.0455. The van der Waals surface area contributed by atoms with Crippen LogP contribution in [0.3, 0.4) is 0 Å². The molecule has 0 aliphatic rings. The molecule has 0 unspecified atom stereocenters. The lowest BCUT2D eigenvalue weighted by atomic mass is 10.1. The highest BCUT2D eigenvalue weighted by atomic mass is 127. The average molecular weight is 570 g/mol. The number of ketones is 1. The Bertz CT molecular complexity index is 1280. The Balaban J connectivity index is 1.63. The predicted molar refractivity (Wildman–Crippen MR) is 140 cm³/mol. The van der Waals surface area contributed by atoms with Gasteiger partial charge in [0.05, 0.1) is 11.4 Å². The van der Waals surface area contributed by atoms with Crippen molar-refractivity contribution in [2.75, 3.05) is 12.3 Å². The molecule has 3 aromatic carbocycles. The van der Waals surface area contributed by atoms with Crippen LogP contribution in [0.1, 0.15) is 29.5 Å². The van der Waals surface area contributed by atoms with Gasteiger partial charge in [-0.3, -0.25) is 14.2 Å². The van der Waals surface area contributed by atoms with E-state index in [1.165, 1.54) is 18.7 Å². The zero-order valence-electron chi connectivity index (χ0n) is 18.1. The van der Waals surface area contributed by atoms with E-state index >= 15 is 0 Å². The molecule has 168 valence electrons. The van der Waals surface area contributed by atoms with Crippen LogP contribution in [-0.4, -0.2) is 38.8 Å². The summed E-state index contributed by atoms with van der Waals surface area (Å²) in [6, 6.07) is 21.9. The van der Waals surface area contributed by atoms with Crippen LogP contribution in [-0.2, 0) is 11.2 Å². The molecule has 33 heavy (non-hydrogen) atoms. The van der Waals surface area contributed by atoms with Gasteiger partial charge in [0.1, 0.15) is 5.82 Å². The molecule has 0 radical (unpaired) electrons. The maximum Gasteiger partial charge on any atom is 0.216 e. The fourth-order valence-corrected chi connectivity index (χ4v) is 4.78. The van der Waals surface area contributed by atoms with Crippen LogP contribution in [0.15, 0.2) is 71.9 Å². The number of thioether (sulfide) groups is 1. The molecule has 4 aromatic rings. The second kappa shape index (κ2) is 10.9. The topological polar surface area (TPSA) is 76.9 Å². The van der Waals surface area contributed by atoms with Crippen molar-refractivity contribution in [3.05, 3.63) is 81.7 Å². The Morgan fingerprint density at radius 2 is 1.76 bits per heavy atom. The highest BCUT2D eigenvalue weighted by Gasteiger charge is 2.18. The van der Waals surface area contributed by atoms with Gasteiger partial charge in [-0.05, 0) is 52.6 Å². The van der Waals surface area contributed by atoms with E-state index in [2.05, 4.69) is 56.3 Å². The number of aryl methyl sites for hydroxylation is 1. The number of hydrogen-bond donors (Lipinski definition) is 1. The summed E-state index contributed by atoms with van der Waals surface area (Å²) in [5, 5.41) is 14.6. The van der Waals surface area contributed by atoms with Crippen LogP contribution in [0.4, 0.5) is 0 Å². The fraction of sp³-hybridized carbons (Fsp3) is 0.200. The van der Waals surface area contributed by atoms with Crippen molar-refractivity contribution >= 4 is 56.8 Å². The van der Waals surface area contributed by atoms with Crippen LogP contribution in [0.2, 0.25) is 0 Å². The van der Waals surface area contributed by atoms with Gasteiger partial charge in [-0.25, -0.2) is 0 Å². The summed E-state index contributed by atoms with van der Waals surface area (Å²) in [4.78, 5) is 23.9. The fourth-order valence-electron chi connectivity index (χ4n) is 3.56. The molecule has 0 spiro atoms. The molecule has 1 amide bonds. The molecule has 0 saturated carbocycles. The van der Waals surface area contributed by atoms with E-state index in [1.54, 1.807) is 0 Å². The first-order chi connectivity index (χ1) is 16.0. The molecule has 4 rings (SSSR count). The molecule has 0 saturated heterocycles. The number of benzene rings is 3. The molecular formula is C25H23IN4O2S. The van der Waals surface area contributed by atoms with Crippen molar-refractivity contribution < 1.29 is 9.59 Å². The van der Waals surface area contributed by atoms with Crippen LogP contribution in [0.5, 0.6) is 0 Å². The summed E-state index contributed by atoms with van der Waals surface area (Å²) >= 11 is 3.62. The van der Waals surface area contributed by atoms with Gasteiger partial charge in [0.2, 0.25) is 5.91 Å². The Kier molecular flexibility index (Phi) is 7.77. The van der Waals surface area contributed by atoms with Crippen molar-refractivity contribution in [2.45, 2.75) is 24.9 Å². The number of rotatable bonds is 9. The molecule has 6 nitrogen and oxygen atoms in total. The van der Waals surface area contributed by atoms with Gasteiger partial charge in [0.25, 0.3) is 0 Å². The quantitative estimate of drug-likeness (QED) is 0.132. The summed E-state index contributed by atoms with van der Waals surface area (Å²) < 4.78 is 3.14. The van der Waals surface area contributed by atoms with E-state index in [1.807, 2.05) is 53.1 Å². The highest BCUT2D eigenvalue weighted by Crippen LogP contribution is 2.29. The number of hydrogen-bond acceptors (Lipinski definition) is 5. The van der Waals surface area contributed by atoms with Crippen molar-refractivity contribution in [1.29, 1.82) is 0 Å². The third-order valence-electron chi connectivity index (χ3n) is 5.16. The minimum Gasteiger partial charge on any atom is -0.356 e. The number of halogens is 1. The van der Waals surface area contributed by atoms with Crippen LogP contribution >= 0.6 is 34.4 Å². The van der Waals surface area contributed by atoms with Crippen molar-refractivity contribution in [2.24, 2.45) is 0 Å². The van der Waals surface area contributed by atoms with E-state index in [0.717, 1.165) is 32.3 Å². The average Bonchev–Trinajstić information content (AvgIpc) is 3.22. The van der Waals surface area contributed by atoms with Gasteiger partial charge in [-0.2, -0.15) is 0 Å². The Labute approximate surface area is 210 Å². The van der Waals surface area contributed by atoms with E-state index in [9.17, 15) is 9.59 Å². The Morgan fingerprint density at radius 3 is 2.55 bits per heavy atom. The monoisotopic (exact) mass is 570 g/mol. The lowest BCUT2D eigenvalue weighted by Crippen LogP contribution is -2.21. The third kappa shape index (κ3) is 5.80. The summed E-state index contributed by atoms with van der Waals surface area (Å²) in [5.74, 6) is 1.09. The Hall–Kier alpha value is -2.72. The highest BCUT2D eigenvalue weighted by molar-refractivity contribution is 14.1. The smallest absolute Gasteiger partial charge is 0.216 e. The maximum absolute atomic E-state index is 12.8. The molecule has 8 heteroatoms. The van der Waals surface area contributed by atoms with Crippen LogP contribution in [0.25, 0.3) is 16.5 Å². The first-order valence-electron chi connectivity index (χ1n) is 10.6. The maximum atomic E-state index is 12.8. The van der Waals surface area contributed by atoms with Gasteiger partial charge in [0.15, 0.2) is 10.9 Å². The first kappa shape index (κ1) is 23.4. The summed E-state index contributed by atoms with van der Waals surface area (Å²) in [7, 11) is 0. The van der Waals surface area contributed by atoms with Crippen molar-refractivity contribution in [1.82, 2.24) is 20.1 Å². The number of amides is 1. The number of nitrogens with one attached hydrogen (secondary N) is 1. The van der Waals surface area contributed by atoms with Crippen molar-refractivity contribution in [3.8, 4) is 5.69 Å². The second-order valence-corrected chi connectivity index (χ2v) is 9.73. The zero-order valence-corrected chi connectivity index (χ0v) is 21.1. The minimum absolute atomic E-state index is 0.0455. The molecule has 0 aliphatic carbocycles. The molecule has 0 bridgehead atoms. The van der Waals surface area contributed by atoms with E-state index in [-0.39, 0.29) is 17.4 Å². The number of carbonyl (C=O) groups excluding carboxylic acids is 2. The summed E-state index contributed by atoms with van der Waals surface area (Å²) in [5.41, 5.74) is 1.67. The number of Topliss-reactive ketones (excluding diaryl/α,β-unsaturated/α-hetero) is 1. The summed E-state index contributed by atoms with van der Waals surface area (Å²) in [6.45, 7) is 2.09. The standard InChI is InChI=1S/C25H23IN4O2S/c1-17(31)27-15-5-10-24-28-29-25(33-16-23(32)19-11-13-20(26)14-12-19)30(24)22-9-4-7-18-6-2-3-8-21(18)22/h2-4,6-9,11-14H,5,10,15-16H2,1H3,(H,27,31). The number of nitrogens with zero attached hydrogens (tertiary/aromatic N) is 3. The largest absolute Gasteiger partial charge is 0.356 e. The van der Waals surface area contributed by atoms with E-state index in [4.69, 9.17) is 0 Å². The van der Waals surface area contributed by atoms with E-state index < -0.39 is 0 Å². The number of aromatic nitrogens is 3. The number of carbonyl (C=O) groups is 2. The molecule has 1 N–H and O–H groups in total. The summed E-state index contributed by atoms with van der Waals surface area (Å²) in [6.07, 6.45) is 1.40. The lowest BCUT2D eigenvalue weighted by molar-refractivity contribution is -0.118. The van der Waals surface area contributed by atoms with Crippen LogP contribution < -0.4 is 5.32 Å². The molecule has 0 atom stereocenters. The Morgan fingerprint density at radius 1 is 1.00 bits per heavy atom. The van der Waals surface area contributed by atoms with Gasteiger partial charge in [0, 0.05) is 34.4 Å².